The zero-order valence-electron chi connectivity index (χ0n) is 20.1. The quantitative estimate of drug-likeness (QED) is 0.193. The molecule has 3 aromatic rings. The van der Waals surface area contributed by atoms with Crippen LogP contribution in [0.15, 0.2) is 91.0 Å². The minimum absolute atomic E-state index is 0.186. The third-order valence-electron chi connectivity index (χ3n) is 5.99. The van der Waals surface area contributed by atoms with Crippen molar-refractivity contribution in [2.45, 2.75) is 43.8 Å². The predicted molar refractivity (Wildman–Crippen MR) is 135 cm³/mol. The molecule has 0 aromatic heterocycles. The van der Waals surface area contributed by atoms with Crippen LogP contribution in [0.4, 0.5) is 0 Å². The lowest BCUT2D eigenvalue weighted by Crippen LogP contribution is -2.37. The van der Waals surface area contributed by atoms with Gasteiger partial charge in [0.15, 0.2) is 0 Å². The van der Waals surface area contributed by atoms with E-state index in [0.717, 1.165) is 42.4 Å². The van der Waals surface area contributed by atoms with Crippen LogP contribution in [0.2, 0.25) is 0 Å². The van der Waals surface area contributed by atoms with Gasteiger partial charge in [0.2, 0.25) is 0 Å². The maximum atomic E-state index is 8.62. The van der Waals surface area contributed by atoms with Crippen LogP contribution in [0.5, 0.6) is 0 Å². The minimum atomic E-state index is -0.763. The summed E-state index contributed by atoms with van der Waals surface area (Å²) in [5.74, 6) is 0. The molecule has 178 valence electrons. The van der Waals surface area contributed by atoms with Crippen LogP contribution in [-0.4, -0.2) is 33.0 Å². The van der Waals surface area contributed by atoms with Crippen molar-refractivity contribution in [2.75, 3.05) is 26.9 Å². The van der Waals surface area contributed by atoms with Crippen molar-refractivity contribution >= 4 is 0 Å². The van der Waals surface area contributed by atoms with Gasteiger partial charge in [0.05, 0.1) is 19.3 Å². The van der Waals surface area contributed by atoms with E-state index in [1.807, 2.05) is 54.6 Å². The van der Waals surface area contributed by atoms with Crippen LogP contribution < -0.4 is 0 Å². The number of hydrogen-bond acceptors (Lipinski definition) is 4. The summed E-state index contributed by atoms with van der Waals surface area (Å²) >= 11 is 0. The van der Waals surface area contributed by atoms with E-state index < -0.39 is 5.60 Å². The Kier molecular flexibility index (Phi) is 10.8. The average molecular weight is 458 g/mol. The lowest BCUT2D eigenvalue weighted by molar-refractivity contribution is -0.0785. The molecule has 0 aliphatic heterocycles. The number of nitrogens with zero attached hydrogens (tertiary/aromatic N) is 1. The molecule has 0 aliphatic carbocycles. The summed E-state index contributed by atoms with van der Waals surface area (Å²) in [5.41, 5.74) is 2.45. The maximum Gasteiger partial charge on any atom is 0.143 e. The average Bonchev–Trinajstić information content (AvgIpc) is 2.91. The minimum Gasteiger partial charge on any atom is -0.379 e. The fraction of sp³-hybridized carbons (Fsp3) is 0.367. The van der Waals surface area contributed by atoms with E-state index in [0.29, 0.717) is 26.2 Å². The van der Waals surface area contributed by atoms with Gasteiger partial charge in [-0.15, -0.1) is 0 Å². The SMILES string of the molecule is CO[C@@H](COCCCCCCC#N)COC(c1ccccc1)(c1ccccc1)c1ccccc1. The van der Waals surface area contributed by atoms with Crippen molar-refractivity contribution in [3.8, 4) is 6.07 Å². The smallest absolute Gasteiger partial charge is 0.143 e. The topological polar surface area (TPSA) is 51.5 Å². The third-order valence-corrected chi connectivity index (χ3v) is 5.99. The van der Waals surface area contributed by atoms with E-state index in [1.54, 1.807) is 7.11 Å². The summed E-state index contributed by atoms with van der Waals surface area (Å²) in [6, 6.07) is 33.2. The normalized spacial score (nSPS) is 12.2. The van der Waals surface area contributed by atoms with E-state index in [-0.39, 0.29) is 6.10 Å². The molecular formula is C30H35NO3. The Morgan fingerprint density at radius 1 is 0.706 bits per heavy atom. The van der Waals surface area contributed by atoms with Crippen LogP contribution in [0.1, 0.15) is 48.8 Å². The fourth-order valence-corrected chi connectivity index (χ4v) is 4.15. The van der Waals surface area contributed by atoms with E-state index >= 15 is 0 Å². The van der Waals surface area contributed by atoms with Gasteiger partial charge < -0.3 is 14.2 Å². The van der Waals surface area contributed by atoms with Gasteiger partial charge in [0.25, 0.3) is 0 Å². The maximum absolute atomic E-state index is 8.62. The molecule has 0 bridgehead atoms. The Labute approximate surface area is 204 Å². The van der Waals surface area contributed by atoms with E-state index in [1.165, 1.54) is 0 Å². The number of nitriles is 1. The second kappa shape index (κ2) is 14.3. The van der Waals surface area contributed by atoms with Crippen LogP contribution in [0.3, 0.4) is 0 Å². The monoisotopic (exact) mass is 457 g/mol. The molecule has 0 radical (unpaired) electrons. The molecule has 0 heterocycles. The standard InChI is InChI=1S/C30H35NO3/c1-32-29(24-33-23-15-4-2-3-14-22-31)25-34-30(26-16-8-5-9-17-26,27-18-10-6-11-19-27)28-20-12-7-13-21-28/h5-13,16-21,29H,2-4,14-15,23-25H2,1H3/t29-/m0/s1. The third kappa shape index (κ3) is 7.01. The molecule has 3 aromatic carbocycles. The highest BCUT2D eigenvalue weighted by Crippen LogP contribution is 2.40. The van der Waals surface area contributed by atoms with Crippen LogP contribution in [-0.2, 0) is 19.8 Å². The van der Waals surface area contributed by atoms with Crippen molar-refractivity contribution in [3.05, 3.63) is 108 Å². The second-order valence-electron chi connectivity index (χ2n) is 8.35. The Balaban J connectivity index is 1.74. The van der Waals surface area contributed by atoms with E-state index in [2.05, 4.69) is 42.5 Å². The lowest BCUT2D eigenvalue weighted by Gasteiger charge is -2.37. The highest BCUT2D eigenvalue weighted by molar-refractivity contribution is 5.47. The first-order valence-electron chi connectivity index (χ1n) is 12.1. The molecule has 0 aliphatic rings. The number of hydrogen-bond donors (Lipinski definition) is 0. The first-order valence-corrected chi connectivity index (χ1v) is 12.1. The van der Waals surface area contributed by atoms with Crippen molar-refractivity contribution in [1.82, 2.24) is 0 Å². The molecule has 0 spiro atoms. The Bertz CT molecular complexity index is 874. The first kappa shape index (κ1) is 25.6. The molecule has 0 unspecified atom stereocenters. The lowest BCUT2D eigenvalue weighted by atomic mass is 9.80. The van der Waals surface area contributed by atoms with Gasteiger partial charge in [-0.3, -0.25) is 0 Å². The van der Waals surface area contributed by atoms with Gasteiger partial charge in [-0.1, -0.05) is 104 Å². The van der Waals surface area contributed by atoms with Crippen LogP contribution in [0, 0.1) is 11.3 Å². The van der Waals surface area contributed by atoms with Gasteiger partial charge in [0, 0.05) is 20.1 Å². The van der Waals surface area contributed by atoms with Crippen molar-refractivity contribution < 1.29 is 14.2 Å². The highest BCUT2D eigenvalue weighted by Gasteiger charge is 2.38. The molecule has 4 nitrogen and oxygen atoms in total. The molecule has 3 rings (SSSR count). The fourth-order valence-electron chi connectivity index (χ4n) is 4.15. The number of unbranched alkanes of at least 4 members (excludes halogenated alkanes) is 4. The molecule has 0 fully saturated rings. The summed E-state index contributed by atoms with van der Waals surface area (Å²) in [6.07, 6.45) is 4.55. The zero-order valence-corrected chi connectivity index (χ0v) is 20.1. The van der Waals surface area contributed by atoms with Crippen molar-refractivity contribution in [3.63, 3.8) is 0 Å². The first-order chi connectivity index (χ1) is 16.8. The van der Waals surface area contributed by atoms with Crippen molar-refractivity contribution in [2.24, 2.45) is 0 Å². The summed E-state index contributed by atoms with van der Waals surface area (Å²) in [7, 11) is 1.70. The Morgan fingerprint density at radius 3 is 1.68 bits per heavy atom. The van der Waals surface area contributed by atoms with Crippen LogP contribution in [0.25, 0.3) is 0 Å². The predicted octanol–water partition coefficient (Wildman–Crippen LogP) is 6.50. The van der Waals surface area contributed by atoms with Gasteiger partial charge in [-0.2, -0.15) is 5.26 Å². The molecule has 34 heavy (non-hydrogen) atoms. The molecule has 0 saturated carbocycles. The number of ether oxygens (including phenoxy) is 3. The Hall–Kier alpha value is -2.97. The van der Waals surface area contributed by atoms with Gasteiger partial charge in [-0.05, 0) is 29.5 Å². The van der Waals surface area contributed by atoms with Gasteiger partial charge in [-0.25, -0.2) is 0 Å². The van der Waals surface area contributed by atoms with Crippen molar-refractivity contribution in [1.29, 1.82) is 5.26 Å². The van der Waals surface area contributed by atoms with Crippen LogP contribution >= 0.6 is 0 Å². The Morgan fingerprint density at radius 2 is 1.21 bits per heavy atom. The largest absolute Gasteiger partial charge is 0.379 e. The van der Waals surface area contributed by atoms with Gasteiger partial charge >= 0.3 is 0 Å². The molecule has 0 amide bonds. The molecule has 0 N–H and O–H groups in total. The summed E-state index contributed by atoms with van der Waals surface area (Å²) < 4.78 is 18.5. The summed E-state index contributed by atoms with van der Waals surface area (Å²) in [5, 5.41) is 8.62. The summed E-state index contributed by atoms with van der Waals surface area (Å²) in [6.45, 7) is 1.55. The van der Waals surface area contributed by atoms with Gasteiger partial charge in [0.1, 0.15) is 11.7 Å². The second-order valence-corrected chi connectivity index (χ2v) is 8.35. The highest BCUT2D eigenvalue weighted by atomic mass is 16.6. The molecular weight excluding hydrogens is 422 g/mol. The summed E-state index contributed by atoms with van der Waals surface area (Å²) in [4.78, 5) is 0. The zero-order chi connectivity index (χ0) is 23.9. The number of methoxy groups -OCH3 is 1. The number of benzene rings is 3. The number of rotatable bonds is 15. The van der Waals surface area contributed by atoms with E-state index in [9.17, 15) is 0 Å². The molecule has 1 atom stereocenters. The molecule has 4 heteroatoms. The van der Waals surface area contributed by atoms with E-state index in [4.69, 9.17) is 19.5 Å². The molecule has 0 saturated heterocycles.